The Labute approximate surface area is 104 Å². The molecule has 0 aromatic rings. The highest BCUT2D eigenvalue weighted by Gasteiger charge is 2.20. The van der Waals surface area contributed by atoms with Crippen LogP contribution in [0.4, 0.5) is 4.79 Å². The molecule has 0 spiro atoms. The number of hydrogen-bond donors (Lipinski definition) is 2. The third-order valence-electron chi connectivity index (χ3n) is 2.84. The molecule has 1 rings (SSSR count). The van der Waals surface area contributed by atoms with Crippen molar-refractivity contribution in [3.63, 3.8) is 0 Å². The first-order chi connectivity index (χ1) is 7.87. The molecule has 0 bridgehead atoms. The summed E-state index contributed by atoms with van der Waals surface area (Å²) in [5.74, 6) is 0. The van der Waals surface area contributed by atoms with Crippen molar-refractivity contribution >= 4 is 6.09 Å². The SMILES string of the molecule is CC(CC(C)(C)C)NC(=O)OC1CCNCC1. The smallest absolute Gasteiger partial charge is 0.407 e. The number of carbonyl (C=O) groups is 1. The minimum Gasteiger partial charge on any atom is -0.446 e. The van der Waals surface area contributed by atoms with E-state index in [1.165, 1.54) is 0 Å². The fraction of sp³-hybridized carbons (Fsp3) is 0.923. The van der Waals surface area contributed by atoms with E-state index in [4.69, 9.17) is 4.74 Å². The molecule has 1 aliphatic heterocycles. The zero-order chi connectivity index (χ0) is 12.9. The largest absolute Gasteiger partial charge is 0.446 e. The highest BCUT2D eigenvalue weighted by Crippen LogP contribution is 2.20. The number of carbonyl (C=O) groups excluding carboxylic acids is 1. The first kappa shape index (κ1) is 14.3. The summed E-state index contributed by atoms with van der Waals surface area (Å²) in [4.78, 5) is 11.7. The van der Waals surface area contributed by atoms with Crippen molar-refractivity contribution in [2.75, 3.05) is 13.1 Å². The van der Waals surface area contributed by atoms with Crippen LogP contribution in [0.1, 0.15) is 47.0 Å². The van der Waals surface area contributed by atoms with Crippen molar-refractivity contribution in [1.29, 1.82) is 0 Å². The molecule has 1 amide bonds. The van der Waals surface area contributed by atoms with Crippen molar-refractivity contribution in [2.24, 2.45) is 5.41 Å². The fourth-order valence-electron chi connectivity index (χ4n) is 2.27. The molecule has 2 N–H and O–H groups in total. The van der Waals surface area contributed by atoms with Gasteiger partial charge in [-0.3, -0.25) is 0 Å². The molecule has 0 aliphatic carbocycles. The molecule has 17 heavy (non-hydrogen) atoms. The van der Waals surface area contributed by atoms with E-state index in [-0.39, 0.29) is 23.7 Å². The summed E-state index contributed by atoms with van der Waals surface area (Å²) in [6.07, 6.45) is 2.60. The Bertz CT molecular complexity index is 242. The Morgan fingerprint density at radius 1 is 1.41 bits per heavy atom. The van der Waals surface area contributed by atoms with Gasteiger partial charge in [0.05, 0.1) is 0 Å². The summed E-state index contributed by atoms with van der Waals surface area (Å²) in [6, 6.07) is 0.157. The topological polar surface area (TPSA) is 50.4 Å². The molecule has 1 heterocycles. The van der Waals surface area contributed by atoms with Crippen LogP contribution in [0.25, 0.3) is 0 Å². The number of piperidine rings is 1. The van der Waals surface area contributed by atoms with Gasteiger partial charge in [0.15, 0.2) is 0 Å². The number of alkyl carbamates (subject to hydrolysis) is 1. The van der Waals surface area contributed by atoms with E-state index in [1.54, 1.807) is 0 Å². The van der Waals surface area contributed by atoms with Crippen molar-refractivity contribution in [3.8, 4) is 0 Å². The summed E-state index contributed by atoms with van der Waals surface area (Å²) >= 11 is 0. The molecule has 0 saturated carbocycles. The van der Waals surface area contributed by atoms with E-state index in [2.05, 4.69) is 31.4 Å². The van der Waals surface area contributed by atoms with Gasteiger partial charge in [-0.1, -0.05) is 20.8 Å². The molecular formula is C13H26N2O2. The van der Waals surface area contributed by atoms with Gasteiger partial charge in [0.2, 0.25) is 0 Å². The first-order valence-electron chi connectivity index (χ1n) is 6.55. The molecule has 4 nitrogen and oxygen atoms in total. The molecule has 1 fully saturated rings. The van der Waals surface area contributed by atoms with E-state index in [0.29, 0.717) is 0 Å². The third kappa shape index (κ3) is 6.51. The molecule has 0 aromatic heterocycles. The third-order valence-corrected chi connectivity index (χ3v) is 2.84. The molecule has 1 saturated heterocycles. The van der Waals surface area contributed by atoms with Gasteiger partial charge in [0.25, 0.3) is 0 Å². The number of ether oxygens (including phenoxy) is 1. The molecular weight excluding hydrogens is 216 g/mol. The predicted octanol–water partition coefficient (Wildman–Crippen LogP) is 2.29. The van der Waals surface area contributed by atoms with Crippen molar-refractivity contribution in [1.82, 2.24) is 10.6 Å². The number of rotatable bonds is 3. The lowest BCUT2D eigenvalue weighted by Crippen LogP contribution is -2.40. The summed E-state index contributed by atoms with van der Waals surface area (Å²) < 4.78 is 5.39. The van der Waals surface area contributed by atoms with Crippen LogP contribution in [-0.2, 0) is 4.74 Å². The zero-order valence-corrected chi connectivity index (χ0v) is 11.5. The van der Waals surface area contributed by atoms with E-state index < -0.39 is 0 Å². The molecule has 1 aliphatic rings. The second-order valence-corrected chi connectivity index (χ2v) is 6.16. The Kier molecular flexibility index (Phi) is 5.25. The minimum atomic E-state index is -0.270. The molecule has 4 heteroatoms. The average molecular weight is 242 g/mol. The van der Waals surface area contributed by atoms with Crippen LogP contribution in [0.3, 0.4) is 0 Å². The molecule has 0 radical (unpaired) electrons. The van der Waals surface area contributed by atoms with Crippen LogP contribution in [0, 0.1) is 5.41 Å². The van der Waals surface area contributed by atoms with Gasteiger partial charge in [-0.05, 0) is 44.7 Å². The van der Waals surface area contributed by atoms with Crippen molar-refractivity contribution < 1.29 is 9.53 Å². The summed E-state index contributed by atoms with van der Waals surface area (Å²) in [7, 11) is 0. The van der Waals surface area contributed by atoms with Crippen molar-refractivity contribution in [2.45, 2.75) is 59.1 Å². The number of hydrogen-bond acceptors (Lipinski definition) is 3. The number of nitrogens with one attached hydrogen (secondary N) is 2. The normalized spacial score (nSPS) is 19.8. The minimum absolute atomic E-state index is 0.0816. The quantitative estimate of drug-likeness (QED) is 0.798. The Balaban J connectivity index is 2.23. The Morgan fingerprint density at radius 2 is 2.00 bits per heavy atom. The molecule has 1 unspecified atom stereocenters. The Hall–Kier alpha value is -0.770. The van der Waals surface area contributed by atoms with Gasteiger partial charge in [-0.25, -0.2) is 4.79 Å². The standard InChI is InChI=1S/C13H26N2O2/c1-10(9-13(2,3)4)15-12(16)17-11-5-7-14-8-6-11/h10-11,14H,5-9H2,1-4H3,(H,15,16). The maximum Gasteiger partial charge on any atom is 0.407 e. The summed E-state index contributed by atoms with van der Waals surface area (Å²) in [6.45, 7) is 10.4. The average Bonchev–Trinajstić information content (AvgIpc) is 2.15. The lowest BCUT2D eigenvalue weighted by Gasteiger charge is -2.26. The van der Waals surface area contributed by atoms with Crippen LogP contribution in [0.5, 0.6) is 0 Å². The predicted molar refractivity (Wildman–Crippen MR) is 69.0 cm³/mol. The van der Waals surface area contributed by atoms with Gasteiger partial charge in [-0.2, -0.15) is 0 Å². The second kappa shape index (κ2) is 6.24. The highest BCUT2D eigenvalue weighted by atomic mass is 16.6. The maximum atomic E-state index is 11.7. The van der Waals surface area contributed by atoms with E-state index in [0.717, 1.165) is 32.4 Å². The Morgan fingerprint density at radius 3 is 2.53 bits per heavy atom. The summed E-state index contributed by atoms with van der Waals surface area (Å²) in [5, 5.41) is 6.15. The summed E-state index contributed by atoms with van der Waals surface area (Å²) in [5.41, 5.74) is 0.224. The van der Waals surface area contributed by atoms with E-state index in [1.807, 2.05) is 6.92 Å². The van der Waals surface area contributed by atoms with E-state index >= 15 is 0 Å². The monoisotopic (exact) mass is 242 g/mol. The molecule has 0 aromatic carbocycles. The maximum absolute atomic E-state index is 11.7. The van der Waals surface area contributed by atoms with Crippen LogP contribution in [0.15, 0.2) is 0 Å². The zero-order valence-electron chi connectivity index (χ0n) is 11.5. The van der Waals surface area contributed by atoms with Gasteiger partial charge in [0.1, 0.15) is 6.10 Å². The van der Waals surface area contributed by atoms with E-state index in [9.17, 15) is 4.79 Å². The molecule has 100 valence electrons. The second-order valence-electron chi connectivity index (χ2n) is 6.16. The van der Waals surface area contributed by atoms with Gasteiger partial charge < -0.3 is 15.4 Å². The van der Waals surface area contributed by atoms with Crippen molar-refractivity contribution in [3.05, 3.63) is 0 Å². The first-order valence-corrected chi connectivity index (χ1v) is 6.55. The van der Waals surface area contributed by atoms with Crippen LogP contribution in [-0.4, -0.2) is 31.3 Å². The van der Waals surface area contributed by atoms with Gasteiger partial charge in [-0.15, -0.1) is 0 Å². The van der Waals surface area contributed by atoms with Crippen LogP contribution >= 0.6 is 0 Å². The lowest BCUT2D eigenvalue weighted by atomic mass is 9.89. The van der Waals surface area contributed by atoms with Crippen LogP contribution in [0.2, 0.25) is 0 Å². The van der Waals surface area contributed by atoms with Gasteiger partial charge >= 0.3 is 6.09 Å². The number of amides is 1. The highest BCUT2D eigenvalue weighted by molar-refractivity contribution is 5.67. The fourth-order valence-corrected chi connectivity index (χ4v) is 2.27. The lowest BCUT2D eigenvalue weighted by molar-refractivity contribution is 0.0760. The van der Waals surface area contributed by atoms with Gasteiger partial charge in [0, 0.05) is 6.04 Å². The molecule has 1 atom stereocenters. The van der Waals surface area contributed by atoms with Crippen LogP contribution < -0.4 is 10.6 Å².